The Morgan fingerprint density at radius 3 is 2.19 bits per heavy atom. The maximum Gasteiger partial charge on any atom is 0.410 e. The standard InChI is InChI=1S/C43H52ClN7O6/c1-42(2,3)56-40(54)30-12-16-34(17-13-30)46-39(53)38-35(29-10-8-7-9-11-29)25-32(28-20-22-49(23-21-28)41(55)57-43(4,5)6)26-50(38)37(52)19-14-31-24-33(44)15-18-36(31)51-27-45-47-48-51/h7-19,24,27-28,32,35,38,47-48H,20-23,25-26H2,1-6H3,(H,46,53)/b19-14+. The van der Waals surface area contributed by atoms with E-state index in [2.05, 4.69) is 21.5 Å². The van der Waals surface area contributed by atoms with Gasteiger partial charge in [-0.2, -0.15) is 5.10 Å². The zero-order chi connectivity index (χ0) is 40.9. The molecule has 0 bridgehead atoms. The summed E-state index contributed by atoms with van der Waals surface area (Å²) in [4.78, 5) is 58.3. The van der Waals surface area contributed by atoms with Crippen molar-refractivity contribution >= 4 is 59.3 Å². The van der Waals surface area contributed by atoms with E-state index in [9.17, 15) is 19.2 Å². The fourth-order valence-electron chi connectivity index (χ4n) is 7.60. The molecule has 0 saturated carbocycles. The second-order valence-electron chi connectivity index (χ2n) is 16.7. The van der Waals surface area contributed by atoms with E-state index in [4.69, 9.17) is 21.1 Å². The summed E-state index contributed by atoms with van der Waals surface area (Å²) in [5.74, 6) is -1.24. The van der Waals surface area contributed by atoms with Gasteiger partial charge in [0.15, 0.2) is 0 Å². The Balaban J connectivity index is 1.31. The Kier molecular flexibility index (Phi) is 12.6. The van der Waals surface area contributed by atoms with Gasteiger partial charge in [0.25, 0.3) is 0 Å². The van der Waals surface area contributed by atoms with Gasteiger partial charge in [0.1, 0.15) is 23.6 Å². The van der Waals surface area contributed by atoms with Crippen LogP contribution in [0.25, 0.3) is 6.08 Å². The van der Waals surface area contributed by atoms with Gasteiger partial charge in [0, 0.05) is 47.9 Å². The Morgan fingerprint density at radius 1 is 0.877 bits per heavy atom. The number of ether oxygens (including phenoxy) is 2. The van der Waals surface area contributed by atoms with Crippen LogP contribution in [0.3, 0.4) is 0 Å². The van der Waals surface area contributed by atoms with Gasteiger partial charge in [-0.15, -0.1) is 5.53 Å². The van der Waals surface area contributed by atoms with Crippen LogP contribution in [0.4, 0.5) is 16.2 Å². The molecule has 3 amide bonds. The Hall–Kier alpha value is -5.40. The molecular formula is C43H52ClN7O6. The fraction of sp³-hybridized carbons (Fsp3) is 0.419. The van der Waals surface area contributed by atoms with Crippen molar-refractivity contribution in [1.82, 2.24) is 20.9 Å². The number of rotatable bonds is 8. The van der Waals surface area contributed by atoms with E-state index >= 15 is 0 Å². The highest BCUT2D eigenvalue weighted by atomic mass is 35.5. The summed E-state index contributed by atoms with van der Waals surface area (Å²) in [6.45, 7) is 12.4. The zero-order valence-corrected chi connectivity index (χ0v) is 34.1. The van der Waals surface area contributed by atoms with Crippen molar-refractivity contribution in [3.63, 3.8) is 0 Å². The van der Waals surface area contributed by atoms with Gasteiger partial charge in [-0.25, -0.2) is 20.1 Å². The van der Waals surface area contributed by atoms with Gasteiger partial charge in [0.2, 0.25) is 11.8 Å². The topological polar surface area (TPSA) is 145 Å². The van der Waals surface area contributed by atoms with Crippen LogP contribution in [0.15, 0.2) is 84.0 Å². The molecule has 3 aliphatic rings. The number of hydrogen-bond donors (Lipinski definition) is 3. The molecule has 13 nitrogen and oxygen atoms in total. The molecule has 0 spiro atoms. The second kappa shape index (κ2) is 17.4. The Morgan fingerprint density at radius 2 is 1.56 bits per heavy atom. The third-order valence-corrected chi connectivity index (χ3v) is 10.4. The summed E-state index contributed by atoms with van der Waals surface area (Å²) in [7, 11) is 0. The number of anilines is 2. The van der Waals surface area contributed by atoms with Crippen LogP contribution in [-0.2, 0) is 19.1 Å². The monoisotopic (exact) mass is 797 g/mol. The molecule has 3 aliphatic heterocycles. The van der Waals surface area contributed by atoms with E-state index in [0.717, 1.165) is 18.4 Å². The summed E-state index contributed by atoms with van der Waals surface area (Å²) in [5.41, 5.74) is 7.49. The first-order chi connectivity index (χ1) is 27.0. The molecule has 3 heterocycles. The number of halogens is 1. The molecule has 3 aromatic carbocycles. The predicted molar refractivity (Wildman–Crippen MR) is 221 cm³/mol. The number of amides is 3. The van der Waals surface area contributed by atoms with Crippen LogP contribution in [0.1, 0.15) is 88.2 Å². The molecule has 302 valence electrons. The van der Waals surface area contributed by atoms with Crippen LogP contribution in [0.2, 0.25) is 5.02 Å². The third kappa shape index (κ3) is 10.7. The van der Waals surface area contributed by atoms with E-state index in [0.29, 0.717) is 53.6 Å². The van der Waals surface area contributed by atoms with Crippen molar-refractivity contribution in [2.24, 2.45) is 16.9 Å². The number of likely N-dealkylation sites (tertiary alicyclic amines) is 2. The summed E-state index contributed by atoms with van der Waals surface area (Å²) in [6.07, 6.45) is 6.58. The Labute approximate surface area is 339 Å². The van der Waals surface area contributed by atoms with Crippen molar-refractivity contribution < 1.29 is 28.7 Å². The number of nitrogens with zero attached hydrogens (tertiary/aromatic N) is 4. The van der Waals surface area contributed by atoms with Gasteiger partial charge in [-0.05, 0) is 127 Å². The summed E-state index contributed by atoms with van der Waals surface area (Å²) < 4.78 is 11.2. The van der Waals surface area contributed by atoms with Gasteiger partial charge in [-0.1, -0.05) is 41.9 Å². The summed E-state index contributed by atoms with van der Waals surface area (Å²) in [6, 6.07) is 20.8. The molecule has 6 rings (SSSR count). The number of carbonyl (C=O) groups is 4. The minimum Gasteiger partial charge on any atom is -0.456 e. The summed E-state index contributed by atoms with van der Waals surface area (Å²) >= 11 is 6.41. The molecule has 57 heavy (non-hydrogen) atoms. The quantitative estimate of drug-likeness (QED) is 0.157. The van der Waals surface area contributed by atoms with E-state index in [1.807, 2.05) is 57.2 Å². The highest BCUT2D eigenvalue weighted by molar-refractivity contribution is 6.30. The van der Waals surface area contributed by atoms with E-state index < -0.39 is 23.2 Å². The van der Waals surface area contributed by atoms with Crippen molar-refractivity contribution in [3.8, 4) is 0 Å². The minimum atomic E-state index is -0.872. The highest BCUT2D eigenvalue weighted by Crippen LogP contribution is 2.42. The summed E-state index contributed by atoms with van der Waals surface area (Å²) in [5, 5.41) is 9.20. The number of esters is 1. The lowest BCUT2D eigenvalue weighted by Crippen LogP contribution is -2.57. The van der Waals surface area contributed by atoms with Crippen LogP contribution < -0.4 is 21.4 Å². The number of hydrazine groups is 2. The van der Waals surface area contributed by atoms with Crippen molar-refractivity contribution in [2.75, 3.05) is 30.0 Å². The molecule has 3 unspecified atom stereocenters. The maximum absolute atomic E-state index is 14.6. The third-order valence-electron chi connectivity index (χ3n) is 10.2. The lowest BCUT2D eigenvalue weighted by Gasteiger charge is -2.47. The fourth-order valence-corrected chi connectivity index (χ4v) is 7.78. The normalized spacial score (nSPS) is 20.3. The number of carbonyl (C=O) groups excluding carboxylic acids is 4. The molecule has 3 aromatic rings. The molecule has 2 saturated heterocycles. The molecule has 0 aromatic heterocycles. The number of piperidine rings is 2. The highest BCUT2D eigenvalue weighted by Gasteiger charge is 2.45. The van der Waals surface area contributed by atoms with Crippen LogP contribution in [0, 0.1) is 11.8 Å². The van der Waals surface area contributed by atoms with Gasteiger partial charge in [-0.3, -0.25) is 9.59 Å². The smallest absolute Gasteiger partial charge is 0.410 e. The van der Waals surface area contributed by atoms with E-state index in [-0.39, 0.29) is 35.7 Å². The number of benzene rings is 3. The number of hydrogen-bond acceptors (Lipinski definition) is 10. The largest absolute Gasteiger partial charge is 0.456 e. The minimum absolute atomic E-state index is 0.0447. The first-order valence-corrected chi connectivity index (χ1v) is 19.7. The van der Waals surface area contributed by atoms with Gasteiger partial charge >= 0.3 is 12.1 Å². The molecule has 3 atom stereocenters. The Bertz CT molecular complexity index is 1990. The lowest BCUT2D eigenvalue weighted by molar-refractivity contribution is -0.139. The van der Waals surface area contributed by atoms with Crippen LogP contribution in [-0.4, -0.2) is 76.9 Å². The molecule has 0 radical (unpaired) electrons. The average Bonchev–Trinajstić information content (AvgIpc) is 3.71. The van der Waals surface area contributed by atoms with Gasteiger partial charge < -0.3 is 24.6 Å². The first kappa shape index (κ1) is 41.2. The molecule has 2 fully saturated rings. The van der Waals surface area contributed by atoms with E-state index in [1.165, 1.54) is 6.08 Å². The van der Waals surface area contributed by atoms with Crippen LogP contribution >= 0.6 is 11.6 Å². The van der Waals surface area contributed by atoms with E-state index in [1.54, 1.807) is 84.4 Å². The second-order valence-corrected chi connectivity index (χ2v) is 17.1. The van der Waals surface area contributed by atoms with Crippen molar-refractivity contribution in [3.05, 3.63) is 101 Å². The maximum atomic E-state index is 14.6. The number of hydrazone groups is 1. The average molecular weight is 798 g/mol. The van der Waals surface area contributed by atoms with Crippen LogP contribution in [0.5, 0.6) is 0 Å². The lowest BCUT2D eigenvalue weighted by atomic mass is 9.71. The molecule has 3 N–H and O–H groups in total. The van der Waals surface area contributed by atoms with Crippen molar-refractivity contribution in [1.29, 1.82) is 0 Å². The molecule has 14 heteroatoms. The molecular weight excluding hydrogens is 746 g/mol. The zero-order valence-electron chi connectivity index (χ0n) is 33.3. The van der Waals surface area contributed by atoms with Gasteiger partial charge in [0.05, 0.1) is 11.3 Å². The first-order valence-electron chi connectivity index (χ1n) is 19.3. The van der Waals surface area contributed by atoms with Crippen molar-refractivity contribution in [2.45, 2.75) is 84.0 Å². The predicted octanol–water partition coefficient (Wildman–Crippen LogP) is 7.37. The molecule has 0 aliphatic carbocycles. The SMILES string of the molecule is CC(C)(C)OC(=O)c1ccc(NC(=O)C2C(c3ccccc3)CC(C3CCN(C(=O)OC(C)(C)C)CC3)CN2C(=O)/C=C/c2cc(Cl)ccc2N2C=NNN2)cc1. The number of nitrogens with one attached hydrogen (secondary N) is 3.